The SMILES string of the molecule is O=c1c(=Cc2cccs2)sc2n1C(c1ccc(Cl)cc1)C=C(c1ccccc1)N=2. The van der Waals surface area contributed by atoms with E-state index in [0.717, 1.165) is 21.7 Å². The summed E-state index contributed by atoms with van der Waals surface area (Å²) < 4.78 is 2.47. The normalized spacial score (nSPS) is 16.2. The predicted molar refractivity (Wildman–Crippen MR) is 121 cm³/mol. The molecule has 0 N–H and O–H groups in total. The van der Waals surface area contributed by atoms with Gasteiger partial charge in [-0.15, -0.1) is 11.3 Å². The molecule has 5 rings (SSSR count). The van der Waals surface area contributed by atoms with Gasteiger partial charge < -0.3 is 0 Å². The van der Waals surface area contributed by atoms with E-state index in [1.54, 1.807) is 15.9 Å². The highest BCUT2D eigenvalue weighted by atomic mass is 35.5. The minimum atomic E-state index is -0.232. The predicted octanol–water partition coefficient (Wildman–Crippen LogP) is 4.72. The van der Waals surface area contributed by atoms with Gasteiger partial charge in [-0.2, -0.15) is 0 Å². The molecule has 0 saturated carbocycles. The Morgan fingerprint density at radius 3 is 2.52 bits per heavy atom. The van der Waals surface area contributed by atoms with Crippen molar-refractivity contribution in [2.75, 3.05) is 0 Å². The summed E-state index contributed by atoms with van der Waals surface area (Å²) >= 11 is 9.13. The standard InChI is InChI=1S/C23H15ClN2OS2/c24-17-10-8-16(9-11-17)20-14-19(15-5-2-1-3-6-15)25-23-26(20)22(27)21(29-23)13-18-7-4-12-28-18/h1-14,20H. The first-order valence-electron chi connectivity index (χ1n) is 9.07. The van der Waals surface area contributed by atoms with Gasteiger partial charge in [0.1, 0.15) is 0 Å². The van der Waals surface area contributed by atoms with Crippen molar-refractivity contribution in [3.63, 3.8) is 0 Å². The molecule has 1 aliphatic rings. The van der Waals surface area contributed by atoms with E-state index in [1.807, 2.05) is 78.2 Å². The topological polar surface area (TPSA) is 34.4 Å². The molecule has 0 saturated heterocycles. The van der Waals surface area contributed by atoms with Crippen LogP contribution in [-0.4, -0.2) is 4.57 Å². The van der Waals surface area contributed by atoms with Gasteiger partial charge in [-0.3, -0.25) is 9.36 Å². The molecule has 1 aliphatic heterocycles. The van der Waals surface area contributed by atoms with Crippen LogP contribution in [0.25, 0.3) is 11.8 Å². The number of aromatic nitrogens is 1. The van der Waals surface area contributed by atoms with Crippen LogP contribution < -0.4 is 14.9 Å². The lowest BCUT2D eigenvalue weighted by Gasteiger charge is -2.19. The average molecular weight is 435 g/mol. The Balaban J connectivity index is 1.75. The number of fused-ring (bicyclic) bond motifs is 1. The van der Waals surface area contributed by atoms with Crippen LogP contribution in [0.3, 0.4) is 0 Å². The van der Waals surface area contributed by atoms with Crippen molar-refractivity contribution in [3.8, 4) is 0 Å². The highest BCUT2D eigenvalue weighted by Crippen LogP contribution is 2.27. The molecule has 3 heterocycles. The van der Waals surface area contributed by atoms with Gasteiger partial charge in [-0.05, 0) is 46.9 Å². The maximum absolute atomic E-state index is 13.3. The van der Waals surface area contributed by atoms with Crippen LogP contribution in [0.5, 0.6) is 0 Å². The molecule has 4 aromatic rings. The molecule has 1 atom stereocenters. The summed E-state index contributed by atoms with van der Waals surface area (Å²) in [6.45, 7) is 0. The fraction of sp³-hybridized carbons (Fsp3) is 0.0435. The number of rotatable bonds is 3. The number of thiazole rings is 1. The zero-order chi connectivity index (χ0) is 19.8. The summed E-state index contributed by atoms with van der Waals surface area (Å²) in [4.78, 5) is 19.8. The Labute approximate surface area is 180 Å². The highest BCUT2D eigenvalue weighted by Gasteiger charge is 2.22. The number of hydrogen-bond donors (Lipinski definition) is 0. The highest BCUT2D eigenvalue weighted by molar-refractivity contribution is 7.11. The minimum absolute atomic E-state index is 0.0227. The van der Waals surface area contributed by atoms with Gasteiger partial charge in [-0.25, -0.2) is 4.99 Å². The second-order valence-electron chi connectivity index (χ2n) is 6.61. The number of allylic oxidation sites excluding steroid dienone is 1. The van der Waals surface area contributed by atoms with E-state index in [1.165, 1.54) is 11.3 Å². The average Bonchev–Trinajstić information content (AvgIpc) is 3.37. The number of hydrogen-bond acceptors (Lipinski definition) is 4. The van der Waals surface area contributed by atoms with Gasteiger partial charge in [-0.1, -0.05) is 71.5 Å². The maximum atomic E-state index is 13.3. The van der Waals surface area contributed by atoms with E-state index in [-0.39, 0.29) is 11.6 Å². The first-order chi connectivity index (χ1) is 14.2. The molecule has 29 heavy (non-hydrogen) atoms. The van der Waals surface area contributed by atoms with Crippen molar-refractivity contribution >= 4 is 46.0 Å². The van der Waals surface area contributed by atoms with Crippen molar-refractivity contribution in [1.29, 1.82) is 0 Å². The maximum Gasteiger partial charge on any atom is 0.271 e. The molecule has 142 valence electrons. The monoisotopic (exact) mass is 434 g/mol. The smallest absolute Gasteiger partial charge is 0.271 e. The van der Waals surface area contributed by atoms with Gasteiger partial charge in [0, 0.05) is 9.90 Å². The van der Waals surface area contributed by atoms with E-state index in [9.17, 15) is 4.79 Å². The Morgan fingerprint density at radius 1 is 1.00 bits per heavy atom. The van der Waals surface area contributed by atoms with Gasteiger partial charge in [0.15, 0.2) is 4.80 Å². The zero-order valence-corrected chi connectivity index (χ0v) is 17.5. The van der Waals surface area contributed by atoms with Crippen LogP contribution >= 0.6 is 34.3 Å². The Bertz CT molecular complexity index is 1370. The molecule has 1 unspecified atom stereocenters. The van der Waals surface area contributed by atoms with Gasteiger partial charge >= 0.3 is 0 Å². The molecule has 2 aromatic heterocycles. The van der Waals surface area contributed by atoms with Crippen molar-refractivity contribution in [2.45, 2.75) is 6.04 Å². The van der Waals surface area contributed by atoms with Crippen molar-refractivity contribution in [2.24, 2.45) is 4.99 Å². The first kappa shape index (κ1) is 18.3. The van der Waals surface area contributed by atoms with Crippen LogP contribution in [0.15, 0.2) is 88.0 Å². The van der Waals surface area contributed by atoms with Gasteiger partial charge in [0.2, 0.25) is 0 Å². The van der Waals surface area contributed by atoms with Crippen LogP contribution in [-0.2, 0) is 0 Å². The third kappa shape index (κ3) is 3.53. The molecule has 6 heteroatoms. The van der Waals surface area contributed by atoms with Gasteiger partial charge in [0.25, 0.3) is 5.56 Å². The molecule has 0 amide bonds. The van der Waals surface area contributed by atoms with E-state index in [2.05, 4.69) is 6.08 Å². The fourth-order valence-electron chi connectivity index (χ4n) is 3.35. The van der Waals surface area contributed by atoms with E-state index in [4.69, 9.17) is 16.6 Å². The lowest BCUT2D eigenvalue weighted by atomic mass is 10.0. The van der Waals surface area contributed by atoms with Crippen molar-refractivity contribution in [3.05, 3.63) is 119 Å². The lowest BCUT2D eigenvalue weighted by molar-refractivity contribution is 0.644. The summed E-state index contributed by atoms with van der Waals surface area (Å²) in [5.74, 6) is 0. The molecule has 2 aromatic carbocycles. The summed E-state index contributed by atoms with van der Waals surface area (Å²) in [5, 5.41) is 2.68. The Morgan fingerprint density at radius 2 is 1.79 bits per heavy atom. The summed E-state index contributed by atoms with van der Waals surface area (Å²) in [7, 11) is 0. The van der Waals surface area contributed by atoms with Crippen LogP contribution in [0.1, 0.15) is 22.0 Å². The molecular formula is C23H15ClN2OS2. The quantitative estimate of drug-likeness (QED) is 0.459. The van der Waals surface area contributed by atoms with Crippen molar-refractivity contribution in [1.82, 2.24) is 4.57 Å². The zero-order valence-electron chi connectivity index (χ0n) is 15.2. The third-order valence-corrected chi connectivity index (χ3v) is 6.80. The van der Waals surface area contributed by atoms with Crippen LogP contribution in [0.4, 0.5) is 0 Å². The molecule has 0 fully saturated rings. The molecule has 0 bridgehead atoms. The van der Waals surface area contributed by atoms with E-state index < -0.39 is 0 Å². The molecule has 0 spiro atoms. The second-order valence-corrected chi connectivity index (χ2v) is 9.03. The number of benzene rings is 2. The minimum Gasteiger partial charge on any atom is -0.272 e. The third-order valence-electron chi connectivity index (χ3n) is 4.74. The van der Waals surface area contributed by atoms with E-state index in [0.29, 0.717) is 14.4 Å². The summed E-state index contributed by atoms with van der Waals surface area (Å²) in [5.41, 5.74) is 2.88. The fourth-order valence-corrected chi connectivity index (χ4v) is 5.22. The number of halogens is 1. The van der Waals surface area contributed by atoms with Crippen LogP contribution in [0.2, 0.25) is 5.02 Å². The molecule has 0 radical (unpaired) electrons. The molecular weight excluding hydrogens is 420 g/mol. The second kappa shape index (κ2) is 7.59. The molecule has 3 nitrogen and oxygen atoms in total. The lowest BCUT2D eigenvalue weighted by Crippen LogP contribution is -2.36. The van der Waals surface area contributed by atoms with Crippen LogP contribution in [0, 0.1) is 0 Å². The largest absolute Gasteiger partial charge is 0.272 e. The Hall–Kier alpha value is -2.73. The Kier molecular flexibility index (Phi) is 4.79. The summed E-state index contributed by atoms with van der Waals surface area (Å²) in [6.07, 6.45) is 3.99. The number of thiophene rings is 1. The summed E-state index contributed by atoms with van der Waals surface area (Å²) in [6, 6.07) is 21.5. The van der Waals surface area contributed by atoms with E-state index >= 15 is 0 Å². The van der Waals surface area contributed by atoms with Gasteiger partial charge in [0.05, 0.1) is 16.3 Å². The van der Waals surface area contributed by atoms with Crippen molar-refractivity contribution < 1.29 is 0 Å². The first-order valence-corrected chi connectivity index (χ1v) is 11.1. The number of nitrogens with zero attached hydrogens (tertiary/aromatic N) is 2. The molecule has 0 aliphatic carbocycles.